The van der Waals surface area contributed by atoms with E-state index in [0.29, 0.717) is 11.5 Å². The summed E-state index contributed by atoms with van der Waals surface area (Å²) in [6.45, 7) is 2.74. The van der Waals surface area contributed by atoms with Gasteiger partial charge in [0.25, 0.3) is 0 Å². The Labute approximate surface area is 148 Å². The smallest absolute Gasteiger partial charge is 0.308 e. The monoisotopic (exact) mass is 348 g/mol. The van der Waals surface area contributed by atoms with Gasteiger partial charge < -0.3 is 19.4 Å². The lowest BCUT2D eigenvalue weighted by Crippen LogP contribution is -2.03. The molecule has 2 N–H and O–H groups in total. The van der Waals surface area contributed by atoms with Crippen LogP contribution >= 0.6 is 0 Å². The molecule has 6 heteroatoms. The van der Waals surface area contributed by atoms with Crippen molar-refractivity contribution in [2.45, 2.75) is 13.8 Å². The Morgan fingerprint density at radius 3 is 2.42 bits per heavy atom. The molecule has 0 aliphatic heterocycles. The maximum Gasteiger partial charge on any atom is 0.308 e. The zero-order chi connectivity index (χ0) is 18.3. The molecule has 4 aromatic rings. The van der Waals surface area contributed by atoms with E-state index in [-0.39, 0.29) is 11.9 Å². The number of H-pyrrole nitrogens is 2. The van der Waals surface area contributed by atoms with Gasteiger partial charge in [-0.25, -0.2) is 0 Å². The lowest BCUT2D eigenvalue weighted by atomic mass is 10.1. The van der Waals surface area contributed by atoms with Gasteiger partial charge >= 0.3 is 11.9 Å². The SMILES string of the molecule is CC(=O)Oc1ccc2cc(-c3c(OC(C)=O)ccc4cc[nH]c34)[nH]c2c1. The zero-order valence-corrected chi connectivity index (χ0v) is 14.3. The molecule has 0 saturated carbocycles. The molecule has 0 radical (unpaired) electrons. The minimum absolute atomic E-state index is 0.371. The van der Waals surface area contributed by atoms with Crippen LogP contribution in [0.1, 0.15) is 13.8 Å². The van der Waals surface area contributed by atoms with E-state index in [0.717, 1.165) is 33.1 Å². The summed E-state index contributed by atoms with van der Waals surface area (Å²) in [5.41, 5.74) is 3.25. The van der Waals surface area contributed by atoms with Crippen LogP contribution in [0.25, 0.3) is 33.1 Å². The maximum atomic E-state index is 11.5. The molecule has 26 heavy (non-hydrogen) atoms. The van der Waals surface area contributed by atoms with E-state index in [1.807, 2.05) is 30.5 Å². The third-order valence-corrected chi connectivity index (χ3v) is 4.07. The molecule has 2 aromatic heterocycles. The van der Waals surface area contributed by atoms with Crippen molar-refractivity contribution in [2.75, 3.05) is 0 Å². The summed E-state index contributed by atoms with van der Waals surface area (Å²) < 4.78 is 10.5. The molecule has 2 heterocycles. The lowest BCUT2D eigenvalue weighted by molar-refractivity contribution is -0.132. The van der Waals surface area contributed by atoms with Gasteiger partial charge in [-0.3, -0.25) is 9.59 Å². The molecule has 2 aromatic carbocycles. The van der Waals surface area contributed by atoms with Crippen LogP contribution in [0.4, 0.5) is 0 Å². The van der Waals surface area contributed by atoms with Crippen molar-refractivity contribution in [1.82, 2.24) is 9.97 Å². The summed E-state index contributed by atoms with van der Waals surface area (Å²) in [6, 6.07) is 13.0. The molecule has 0 saturated heterocycles. The predicted octanol–water partition coefficient (Wildman–Crippen LogP) is 4.17. The lowest BCUT2D eigenvalue weighted by Gasteiger charge is -2.09. The van der Waals surface area contributed by atoms with Crippen molar-refractivity contribution in [3.05, 3.63) is 48.7 Å². The average molecular weight is 348 g/mol. The van der Waals surface area contributed by atoms with E-state index in [9.17, 15) is 9.59 Å². The molecule has 0 bridgehead atoms. The first-order valence-electron chi connectivity index (χ1n) is 8.11. The van der Waals surface area contributed by atoms with Crippen LogP contribution in [0, 0.1) is 0 Å². The van der Waals surface area contributed by atoms with Crippen molar-refractivity contribution >= 4 is 33.7 Å². The first-order valence-corrected chi connectivity index (χ1v) is 8.11. The highest BCUT2D eigenvalue weighted by molar-refractivity contribution is 6.00. The molecule has 0 aliphatic rings. The number of hydrogen-bond acceptors (Lipinski definition) is 4. The van der Waals surface area contributed by atoms with E-state index in [1.54, 1.807) is 18.2 Å². The Morgan fingerprint density at radius 2 is 1.65 bits per heavy atom. The summed E-state index contributed by atoms with van der Waals surface area (Å²) in [7, 11) is 0. The summed E-state index contributed by atoms with van der Waals surface area (Å²) >= 11 is 0. The standard InChI is InChI=1S/C20H16N2O4/c1-11(23)25-15-5-3-14-9-17(22-16(14)10-15)19-18(26-12(2)24)6-4-13-7-8-21-20(13)19/h3-10,21-22H,1-2H3. The fraction of sp³-hybridized carbons (Fsp3) is 0.100. The number of hydrogen-bond donors (Lipinski definition) is 2. The zero-order valence-electron chi connectivity index (χ0n) is 14.3. The molecule has 0 spiro atoms. The molecule has 130 valence electrons. The molecule has 0 fully saturated rings. The third-order valence-electron chi connectivity index (χ3n) is 4.07. The molecule has 0 aliphatic carbocycles. The van der Waals surface area contributed by atoms with E-state index in [2.05, 4.69) is 9.97 Å². The molecule has 0 unspecified atom stereocenters. The topological polar surface area (TPSA) is 84.2 Å². The van der Waals surface area contributed by atoms with Crippen molar-refractivity contribution in [3.8, 4) is 22.8 Å². The number of carbonyl (C=O) groups excluding carboxylic acids is 2. The number of ether oxygens (including phenoxy) is 2. The van der Waals surface area contributed by atoms with Gasteiger partial charge in [0.05, 0.1) is 16.8 Å². The molecular formula is C20H16N2O4. The number of benzene rings is 2. The van der Waals surface area contributed by atoms with Crippen molar-refractivity contribution < 1.29 is 19.1 Å². The fourth-order valence-electron chi connectivity index (χ4n) is 3.09. The van der Waals surface area contributed by atoms with Crippen LogP contribution in [0.2, 0.25) is 0 Å². The highest BCUT2D eigenvalue weighted by Crippen LogP contribution is 2.38. The Bertz CT molecular complexity index is 1150. The summed E-state index contributed by atoms with van der Waals surface area (Å²) in [5.74, 6) is 0.186. The van der Waals surface area contributed by atoms with Gasteiger partial charge in [-0.05, 0) is 36.4 Å². The third kappa shape index (κ3) is 2.82. The maximum absolute atomic E-state index is 11.5. The number of carbonyl (C=O) groups is 2. The van der Waals surface area contributed by atoms with Crippen LogP contribution in [0.3, 0.4) is 0 Å². The minimum atomic E-state index is -0.384. The van der Waals surface area contributed by atoms with Gasteiger partial charge in [-0.1, -0.05) is 0 Å². The number of fused-ring (bicyclic) bond motifs is 2. The van der Waals surface area contributed by atoms with Crippen LogP contribution in [0.15, 0.2) is 48.7 Å². The van der Waals surface area contributed by atoms with E-state index >= 15 is 0 Å². The Balaban J connectivity index is 1.89. The molecule has 0 amide bonds. The molecule has 4 rings (SSSR count). The summed E-state index contributed by atoms with van der Waals surface area (Å²) in [5, 5.41) is 1.96. The largest absolute Gasteiger partial charge is 0.427 e. The van der Waals surface area contributed by atoms with E-state index < -0.39 is 0 Å². The number of rotatable bonds is 3. The summed E-state index contributed by atoms with van der Waals surface area (Å²) in [6.07, 6.45) is 1.84. The number of aromatic nitrogens is 2. The second-order valence-corrected chi connectivity index (χ2v) is 6.00. The van der Waals surface area contributed by atoms with E-state index in [1.165, 1.54) is 13.8 Å². The molecule has 0 atom stereocenters. The second-order valence-electron chi connectivity index (χ2n) is 6.00. The second kappa shape index (κ2) is 6.07. The van der Waals surface area contributed by atoms with Crippen molar-refractivity contribution in [2.24, 2.45) is 0 Å². The van der Waals surface area contributed by atoms with Crippen LogP contribution in [0.5, 0.6) is 11.5 Å². The molecule has 6 nitrogen and oxygen atoms in total. The normalized spacial score (nSPS) is 11.0. The first-order chi connectivity index (χ1) is 12.5. The predicted molar refractivity (Wildman–Crippen MR) is 98.2 cm³/mol. The van der Waals surface area contributed by atoms with Crippen molar-refractivity contribution in [3.63, 3.8) is 0 Å². The van der Waals surface area contributed by atoms with Gasteiger partial charge in [-0.2, -0.15) is 0 Å². The Hall–Kier alpha value is -3.54. The number of nitrogens with one attached hydrogen (secondary N) is 2. The van der Waals surface area contributed by atoms with E-state index in [4.69, 9.17) is 9.47 Å². The number of aromatic amines is 2. The van der Waals surface area contributed by atoms with Gasteiger partial charge in [0.15, 0.2) is 0 Å². The fourth-order valence-corrected chi connectivity index (χ4v) is 3.09. The quantitative estimate of drug-likeness (QED) is 0.430. The van der Waals surface area contributed by atoms with Crippen LogP contribution in [-0.4, -0.2) is 21.9 Å². The van der Waals surface area contributed by atoms with Crippen LogP contribution in [-0.2, 0) is 9.59 Å². The van der Waals surface area contributed by atoms with Gasteiger partial charge in [-0.15, -0.1) is 0 Å². The minimum Gasteiger partial charge on any atom is -0.427 e. The Morgan fingerprint density at radius 1 is 0.885 bits per heavy atom. The number of esters is 2. The van der Waals surface area contributed by atoms with Crippen molar-refractivity contribution in [1.29, 1.82) is 0 Å². The van der Waals surface area contributed by atoms with Gasteiger partial charge in [0, 0.05) is 42.4 Å². The Kier molecular flexibility index (Phi) is 3.73. The molecular weight excluding hydrogens is 332 g/mol. The highest BCUT2D eigenvalue weighted by atomic mass is 16.5. The van der Waals surface area contributed by atoms with Gasteiger partial charge in [0.1, 0.15) is 11.5 Å². The first kappa shape index (κ1) is 16.0. The van der Waals surface area contributed by atoms with Crippen LogP contribution < -0.4 is 9.47 Å². The van der Waals surface area contributed by atoms with Gasteiger partial charge in [0.2, 0.25) is 0 Å². The average Bonchev–Trinajstić information content (AvgIpc) is 3.19. The highest BCUT2D eigenvalue weighted by Gasteiger charge is 2.16. The summed E-state index contributed by atoms with van der Waals surface area (Å²) in [4.78, 5) is 29.2.